The summed E-state index contributed by atoms with van der Waals surface area (Å²) < 4.78 is 46.2. The maximum absolute atomic E-state index is 13.7. The number of alkyl halides is 3. The predicted molar refractivity (Wildman–Crippen MR) is 114 cm³/mol. The number of hydrogen-bond acceptors (Lipinski definition) is 5. The van der Waals surface area contributed by atoms with Crippen LogP contribution < -0.4 is 10.6 Å². The molecule has 0 aromatic heterocycles. The molecule has 0 saturated heterocycles. The fourth-order valence-corrected chi connectivity index (χ4v) is 3.60. The Bertz CT molecular complexity index is 1070. The van der Waals surface area contributed by atoms with Crippen molar-refractivity contribution < 1.29 is 42.5 Å². The molecule has 2 atom stereocenters. The molecule has 0 aliphatic heterocycles. The Morgan fingerprint density at radius 3 is 1.94 bits per heavy atom. The van der Waals surface area contributed by atoms with Crippen LogP contribution in [0.1, 0.15) is 30.9 Å². The molecule has 0 radical (unpaired) electrons. The smallest absolute Gasteiger partial charge is 0.420 e. The zero-order valence-electron chi connectivity index (χ0n) is 18.3. The summed E-state index contributed by atoms with van der Waals surface area (Å²) in [6, 6.07) is 14.8. The van der Waals surface area contributed by atoms with Gasteiger partial charge in [-0.15, -0.1) is 0 Å². The van der Waals surface area contributed by atoms with Crippen LogP contribution in [0.4, 0.5) is 18.0 Å². The molecule has 1 aliphatic carbocycles. The first-order chi connectivity index (χ1) is 15.8. The van der Waals surface area contributed by atoms with Crippen LogP contribution in [0, 0.1) is 0 Å². The number of amides is 2. The highest BCUT2D eigenvalue weighted by Gasteiger charge is 2.58. The summed E-state index contributed by atoms with van der Waals surface area (Å²) in [5.41, 5.74) is -2.39. The van der Waals surface area contributed by atoms with Crippen molar-refractivity contribution >= 4 is 18.0 Å². The Kier molecular flexibility index (Phi) is 6.61. The summed E-state index contributed by atoms with van der Waals surface area (Å²) in [7, 11) is 0. The van der Waals surface area contributed by atoms with Gasteiger partial charge in [-0.1, -0.05) is 48.5 Å². The second kappa shape index (κ2) is 8.98. The highest BCUT2D eigenvalue weighted by atomic mass is 19.4. The molecule has 0 fully saturated rings. The summed E-state index contributed by atoms with van der Waals surface area (Å²) in [6.45, 7) is -0.0683. The van der Waals surface area contributed by atoms with Gasteiger partial charge in [-0.2, -0.15) is 13.2 Å². The van der Waals surface area contributed by atoms with Crippen molar-refractivity contribution in [2.24, 2.45) is 0 Å². The summed E-state index contributed by atoms with van der Waals surface area (Å²) in [5.74, 6) is -3.91. The van der Waals surface area contributed by atoms with Crippen LogP contribution in [-0.4, -0.2) is 58.7 Å². The van der Waals surface area contributed by atoms with Crippen molar-refractivity contribution in [2.75, 3.05) is 13.2 Å². The van der Waals surface area contributed by atoms with Crippen LogP contribution in [0.25, 0.3) is 11.1 Å². The van der Waals surface area contributed by atoms with E-state index in [1.54, 1.807) is 22.8 Å². The van der Waals surface area contributed by atoms with Gasteiger partial charge in [0.05, 0.1) is 6.54 Å². The lowest BCUT2D eigenvalue weighted by molar-refractivity contribution is -0.194. The van der Waals surface area contributed by atoms with Crippen molar-refractivity contribution in [1.82, 2.24) is 10.6 Å². The van der Waals surface area contributed by atoms with E-state index in [9.17, 15) is 32.7 Å². The summed E-state index contributed by atoms with van der Waals surface area (Å²) in [6.07, 6.45) is -6.74. The number of aliphatic carboxylic acids is 1. The molecule has 0 spiro atoms. The van der Waals surface area contributed by atoms with Gasteiger partial charge in [-0.05, 0) is 36.1 Å². The van der Waals surface area contributed by atoms with Crippen LogP contribution in [0.5, 0.6) is 0 Å². The highest BCUT2D eigenvalue weighted by Crippen LogP contribution is 2.44. The third kappa shape index (κ3) is 4.69. The summed E-state index contributed by atoms with van der Waals surface area (Å²) >= 11 is 0. The number of aliphatic hydroxyl groups is 1. The van der Waals surface area contributed by atoms with Gasteiger partial charge in [-0.25, -0.2) is 9.59 Å². The van der Waals surface area contributed by atoms with Crippen molar-refractivity contribution in [2.45, 2.75) is 37.1 Å². The number of nitrogens with one attached hydrogen (secondary N) is 2. The van der Waals surface area contributed by atoms with E-state index < -0.39 is 47.7 Å². The second-order valence-electron chi connectivity index (χ2n) is 8.33. The van der Waals surface area contributed by atoms with Crippen molar-refractivity contribution in [3.63, 3.8) is 0 Å². The molecule has 2 aromatic rings. The van der Waals surface area contributed by atoms with Crippen LogP contribution in [-0.2, 0) is 14.3 Å². The number of fused-ring (bicyclic) bond motifs is 3. The van der Waals surface area contributed by atoms with Gasteiger partial charge >= 0.3 is 18.2 Å². The number of carbonyl (C=O) groups excluding carboxylic acids is 2. The fraction of sp³-hybridized carbons (Fsp3) is 0.348. The third-order valence-corrected chi connectivity index (χ3v) is 5.77. The van der Waals surface area contributed by atoms with Crippen LogP contribution in [0.3, 0.4) is 0 Å². The molecule has 2 aromatic carbocycles. The topological polar surface area (TPSA) is 125 Å². The summed E-state index contributed by atoms with van der Waals surface area (Å²) in [5, 5.41) is 21.8. The van der Waals surface area contributed by atoms with Crippen LogP contribution in [0.15, 0.2) is 48.5 Å². The van der Waals surface area contributed by atoms with Gasteiger partial charge in [0.1, 0.15) is 6.61 Å². The molecule has 0 bridgehead atoms. The molecule has 1 aliphatic rings. The molecule has 2 amide bonds. The average Bonchev–Trinajstić information content (AvgIpc) is 3.09. The Balaban J connectivity index is 1.73. The van der Waals surface area contributed by atoms with E-state index in [0.717, 1.165) is 29.2 Å². The molecule has 3 rings (SSSR count). The zero-order chi connectivity index (χ0) is 25.3. The van der Waals surface area contributed by atoms with Crippen molar-refractivity contribution in [1.29, 1.82) is 0 Å². The Morgan fingerprint density at radius 2 is 1.47 bits per heavy atom. The molecular weight excluding hydrogens is 457 g/mol. The quantitative estimate of drug-likeness (QED) is 0.483. The van der Waals surface area contributed by atoms with Gasteiger partial charge < -0.3 is 20.3 Å². The number of carboxylic acid groups (broad SMARTS) is 1. The van der Waals surface area contributed by atoms with E-state index >= 15 is 0 Å². The molecule has 2 unspecified atom stereocenters. The molecular formula is C23H23F3N2O6. The van der Waals surface area contributed by atoms with Gasteiger partial charge in [0, 0.05) is 5.92 Å². The molecule has 0 heterocycles. The van der Waals surface area contributed by atoms with E-state index in [1.807, 2.05) is 36.4 Å². The number of ether oxygens (including phenoxy) is 1. The molecule has 34 heavy (non-hydrogen) atoms. The Morgan fingerprint density at radius 1 is 0.971 bits per heavy atom. The maximum atomic E-state index is 13.7. The number of carbonyl (C=O) groups is 3. The molecule has 11 heteroatoms. The molecule has 4 N–H and O–H groups in total. The van der Waals surface area contributed by atoms with Gasteiger partial charge in [-0.3, -0.25) is 10.1 Å². The van der Waals surface area contributed by atoms with E-state index in [0.29, 0.717) is 6.92 Å². The van der Waals surface area contributed by atoms with E-state index in [1.165, 1.54) is 0 Å². The number of hydrogen-bond donors (Lipinski definition) is 4. The summed E-state index contributed by atoms with van der Waals surface area (Å²) in [4.78, 5) is 35.6. The lowest BCUT2D eigenvalue weighted by atomic mass is 9.98. The lowest BCUT2D eigenvalue weighted by Crippen LogP contribution is -2.66. The minimum absolute atomic E-state index is 0.275. The predicted octanol–water partition coefficient (Wildman–Crippen LogP) is 2.80. The Labute approximate surface area is 192 Å². The number of rotatable bonds is 7. The number of benzene rings is 2. The van der Waals surface area contributed by atoms with E-state index in [2.05, 4.69) is 0 Å². The fourth-order valence-electron chi connectivity index (χ4n) is 3.60. The minimum atomic E-state index is -5.25. The SMILES string of the molecule is CC(O)(CNC(=O)C(C)(NC(=O)OCC1c2ccccc2-c2ccccc21)C(F)(F)F)C(=O)O. The van der Waals surface area contributed by atoms with Gasteiger partial charge in [0.25, 0.3) is 5.91 Å². The first kappa shape index (κ1) is 25.0. The molecule has 8 nitrogen and oxygen atoms in total. The maximum Gasteiger partial charge on any atom is 0.420 e. The Hall–Kier alpha value is -3.60. The molecule has 182 valence electrons. The number of halogens is 3. The van der Waals surface area contributed by atoms with E-state index in [-0.39, 0.29) is 6.61 Å². The first-order valence-electron chi connectivity index (χ1n) is 10.2. The van der Waals surface area contributed by atoms with Crippen molar-refractivity contribution in [3.05, 3.63) is 59.7 Å². The third-order valence-electron chi connectivity index (χ3n) is 5.77. The van der Waals surface area contributed by atoms with Crippen LogP contribution >= 0.6 is 0 Å². The first-order valence-corrected chi connectivity index (χ1v) is 10.2. The minimum Gasteiger partial charge on any atom is -0.479 e. The van der Waals surface area contributed by atoms with Gasteiger partial charge in [0.15, 0.2) is 5.60 Å². The standard InChI is InChI=1S/C23H23F3N2O6/c1-21(33,19(30)31)12-27-18(29)22(2,23(24,25)26)28-20(32)34-11-17-15-9-5-3-7-13(15)14-8-4-6-10-16(14)17/h3-10,17,33H,11-12H2,1-2H3,(H,27,29)(H,28,32)(H,30,31). The number of carboxylic acids is 1. The monoisotopic (exact) mass is 480 g/mol. The number of alkyl carbamates (subject to hydrolysis) is 1. The zero-order valence-corrected chi connectivity index (χ0v) is 18.3. The average molecular weight is 480 g/mol. The van der Waals surface area contributed by atoms with Crippen molar-refractivity contribution in [3.8, 4) is 11.1 Å². The van der Waals surface area contributed by atoms with E-state index in [4.69, 9.17) is 9.84 Å². The van der Waals surface area contributed by atoms with Gasteiger partial charge in [0.2, 0.25) is 5.54 Å². The van der Waals surface area contributed by atoms with Crippen LogP contribution in [0.2, 0.25) is 0 Å². The highest BCUT2D eigenvalue weighted by molar-refractivity contribution is 5.91. The second-order valence-corrected chi connectivity index (χ2v) is 8.33. The lowest BCUT2D eigenvalue weighted by Gasteiger charge is -2.32. The normalized spacial score (nSPS) is 16.4. The largest absolute Gasteiger partial charge is 0.479 e. The molecule has 0 saturated carbocycles.